The van der Waals surface area contributed by atoms with Crippen LogP contribution in [0.15, 0.2) is 46.0 Å². The molecule has 0 aliphatic rings. The maximum absolute atomic E-state index is 13.0. The van der Waals surface area contributed by atoms with Crippen LogP contribution in [-0.4, -0.2) is 34.5 Å². The normalized spacial score (nSPS) is 12.2. The molecular weight excluding hydrogens is 302 g/mol. The van der Waals surface area contributed by atoms with Crippen molar-refractivity contribution in [2.75, 3.05) is 20.6 Å². The third kappa shape index (κ3) is 1.98. The van der Waals surface area contributed by atoms with Crippen molar-refractivity contribution in [2.45, 2.75) is 13.5 Å². The maximum Gasteiger partial charge on any atom is 0.336 e. The Morgan fingerprint density at radius 1 is 1.00 bits per heavy atom. The second-order valence-corrected chi connectivity index (χ2v) is 6.60. The molecule has 0 fully saturated rings. The molecule has 0 bridgehead atoms. The van der Waals surface area contributed by atoms with E-state index in [0.29, 0.717) is 18.5 Å². The van der Waals surface area contributed by atoms with E-state index in [1.165, 1.54) is 4.57 Å². The number of para-hydroxylation sites is 1. The second-order valence-electron chi connectivity index (χ2n) is 6.60. The molecule has 24 heavy (non-hydrogen) atoms. The van der Waals surface area contributed by atoms with Crippen LogP contribution in [0.3, 0.4) is 0 Å². The van der Waals surface area contributed by atoms with E-state index in [0.717, 1.165) is 27.4 Å². The molecule has 0 amide bonds. The highest BCUT2D eigenvalue weighted by atomic mass is 16.2. The summed E-state index contributed by atoms with van der Waals surface area (Å²) >= 11 is 0. The molecule has 0 radical (unpaired) electrons. The van der Waals surface area contributed by atoms with Crippen LogP contribution in [0, 0.1) is 6.92 Å². The molecule has 2 heterocycles. The van der Waals surface area contributed by atoms with Gasteiger partial charge in [-0.25, -0.2) is 4.79 Å². The first-order chi connectivity index (χ1) is 11.5. The third-order valence-electron chi connectivity index (χ3n) is 4.61. The zero-order valence-corrected chi connectivity index (χ0v) is 14.0. The van der Waals surface area contributed by atoms with E-state index in [9.17, 15) is 9.59 Å². The van der Waals surface area contributed by atoms with Crippen LogP contribution in [-0.2, 0) is 6.54 Å². The van der Waals surface area contributed by atoms with Gasteiger partial charge in [-0.05, 0) is 39.2 Å². The number of hydrogen-bond acceptors (Lipinski definition) is 3. The lowest BCUT2D eigenvalue weighted by molar-refractivity contribution is 0.376. The number of aryl methyl sites for hydroxylation is 1. The first kappa shape index (κ1) is 14.9. The summed E-state index contributed by atoms with van der Waals surface area (Å²) in [6.07, 6.45) is 0. The number of benzene rings is 2. The Hall–Kier alpha value is -2.66. The summed E-state index contributed by atoms with van der Waals surface area (Å²) in [6, 6.07) is 11.7. The lowest BCUT2D eigenvalue weighted by Gasteiger charge is -2.12. The number of hydrogen-bond donors (Lipinski definition) is 0. The lowest BCUT2D eigenvalue weighted by atomic mass is 10.1. The van der Waals surface area contributed by atoms with Crippen LogP contribution in [0.5, 0.6) is 0 Å². The smallest absolute Gasteiger partial charge is 0.308 e. The van der Waals surface area contributed by atoms with Crippen molar-refractivity contribution >= 4 is 27.2 Å². The largest absolute Gasteiger partial charge is 0.336 e. The minimum Gasteiger partial charge on any atom is -0.308 e. The zero-order valence-electron chi connectivity index (χ0n) is 14.0. The molecule has 0 atom stereocenters. The molecule has 4 aromatic rings. The molecule has 2 aromatic carbocycles. The Morgan fingerprint density at radius 3 is 2.50 bits per heavy atom. The van der Waals surface area contributed by atoms with E-state index >= 15 is 0 Å². The number of rotatable bonds is 3. The highest BCUT2D eigenvalue weighted by molar-refractivity contribution is 6.13. The van der Waals surface area contributed by atoms with E-state index in [-0.39, 0.29) is 11.2 Å². The van der Waals surface area contributed by atoms with E-state index < -0.39 is 0 Å². The standard InChI is InChI=1S/C19H19N3O2/c1-12-7-8-16-15(11-12)13-5-4-6-14-17(13)22(16)19(24)21(18(14)23)10-9-20(2)3/h4-8,11H,9-10H2,1-3H3. The summed E-state index contributed by atoms with van der Waals surface area (Å²) in [5.74, 6) is 0. The van der Waals surface area contributed by atoms with Gasteiger partial charge in [0.15, 0.2) is 0 Å². The Labute approximate surface area is 138 Å². The van der Waals surface area contributed by atoms with Gasteiger partial charge in [0.25, 0.3) is 5.56 Å². The Bertz CT molecular complexity index is 1180. The molecule has 0 unspecified atom stereocenters. The van der Waals surface area contributed by atoms with E-state index in [1.54, 1.807) is 4.40 Å². The van der Waals surface area contributed by atoms with Crippen LogP contribution < -0.4 is 11.2 Å². The van der Waals surface area contributed by atoms with Crippen molar-refractivity contribution in [3.8, 4) is 0 Å². The number of fused-ring (bicyclic) bond motifs is 3. The molecule has 4 rings (SSSR count). The molecular formula is C19H19N3O2. The highest BCUT2D eigenvalue weighted by Crippen LogP contribution is 2.29. The van der Waals surface area contributed by atoms with Crippen molar-refractivity contribution in [2.24, 2.45) is 0 Å². The molecule has 2 aromatic heterocycles. The fraction of sp³-hybridized carbons (Fsp3) is 0.263. The third-order valence-corrected chi connectivity index (χ3v) is 4.61. The van der Waals surface area contributed by atoms with Crippen molar-refractivity contribution in [1.29, 1.82) is 0 Å². The summed E-state index contributed by atoms with van der Waals surface area (Å²) in [7, 11) is 3.86. The lowest BCUT2D eigenvalue weighted by Crippen LogP contribution is -2.39. The van der Waals surface area contributed by atoms with Gasteiger partial charge in [-0.1, -0.05) is 23.8 Å². The van der Waals surface area contributed by atoms with Gasteiger partial charge in [0.05, 0.1) is 16.4 Å². The van der Waals surface area contributed by atoms with E-state index in [4.69, 9.17) is 0 Å². The minimum absolute atomic E-state index is 0.209. The van der Waals surface area contributed by atoms with Crippen LogP contribution >= 0.6 is 0 Å². The predicted octanol–water partition coefficient (Wildman–Crippen LogP) is 2.08. The van der Waals surface area contributed by atoms with Crippen LogP contribution in [0.2, 0.25) is 0 Å². The number of likely N-dealkylation sites (N-methyl/N-ethyl adjacent to an activating group) is 1. The average molecular weight is 321 g/mol. The Morgan fingerprint density at radius 2 is 1.75 bits per heavy atom. The molecule has 0 saturated heterocycles. The second kappa shape index (κ2) is 5.18. The summed E-state index contributed by atoms with van der Waals surface area (Å²) in [4.78, 5) is 27.8. The van der Waals surface area contributed by atoms with Gasteiger partial charge in [0.1, 0.15) is 0 Å². The van der Waals surface area contributed by atoms with Crippen molar-refractivity contribution in [3.05, 3.63) is 62.8 Å². The fourth-order valence-electron chi connectivity index (χ4n) is 3.40. The van der Waals surface area contributed by atoms with Crippen LogP contribution in [0.25, 0.3) is 27.2 Å². The van der Waals surface area contributed by atoms with Gasteiger partial charge in [0, 0.05) is 23.9 Å². The van der Waals surface area contributed by atoms with Crippen molar-refractivity contribution in [3.63, 3.8) is 0 Å². The monoisotopic (exact) mass is 321 g/mol. The molecule has 0 aliphatic carbocycles. The van der Waals surface area contributed by atoms with E-state index in [1.807, 2.05) is 56.3 Å². The van der Waals surface area contributed by atoms with Crippen molar-refractivity contribution in [1.82, 2.24) is 13.9 Å². The Kier molecular flexibility index (Phi) is 3.21. The summed E-state index contributed by atoms with van der Waals surface area (Å²) < 4.78 is 3.04. The Balaban J connectivity index is 2.21. The molecule has 5 nitrogen and oxygen atoms in total. The van der Waals surface area contributed by atoms with Gasteiger partial charge >= 0.3 is 5.69 Å². The maximum atomic E-state index is 13.0. The first-order valence-electron chi connectivity index (χ1n) is 8.04. The summed E-state index contributed by atoms with van der Waals surface area (Å²) in [5.41, 5.74) is 2.25. The minimum atomic E-state index is -0.260. The molecule has 5 heteroatoms. The van der Waals surface area contributed by atoms with Gasteiger partial charge in [-0.15, -0.1) is 0 Å². The highest BCUT2D eigenvalue weighted by Gasteiger charge is 2.18. The predicted molar refractivity (Wildman–Crippen MR) is 97.4 cm³/mol. The zero-order chi connectivity index (χ0) is 17.0. The van der Waals surface area contributed by atoms with Crippen LogP contribution in [0.4, 0.5) is 0 Å². The topological polar surface area (TPSA) is 46.7 Å². The summed E-state index contributed by atoms with van der Waals surface area (Å²) in [5, 5.41) is 2.57. The molecule has 0 aliphatic heterocycles. The number of aromatic nitrogens is 2. The fourth-order valence-corrected chi connectivity index (χ4v) is 3.40. The molecule has 122 valence electrons. The molecule has 0 N–H and O–H groups in total. The van der Waals surface area contributed by atoms with Gasteiger partial charge in [-0.3, -0.25) is 13.8 Å². The molecule has 0 spiro atoms. The van der Waals surface area contributed by atoms with Gasteiger partial charge in [0.2, 0.25) is 0 Å². The number of nitrogens with zero attached hydrogens (tertiary/aromatic N) is 3. The SMILES string of the molecule is Cc1ccc2c(c1)c1cccc3c(=O)n(CCN(C)C)c(=O)n2c31. The summed E-state index contributed by atoms with van der Waals surface area (Å²) in [6.45, 7) is 3.05. The first-order valence-corrected chi connectivity index (χ1v) is 8.04. The van der Waals surface area contributed by atoms with Crippen molar-refractivity contribution < 1.29 is 0 Å². The van der Waals surface area contributed by atoms with Gasteiger partial charge < -0.3 is 4.90 Å². The molecule has 0 saturated carbocycles. The average Bonchev–Trinajstić information content (AvgIpc) is 2.87. The van der Waals surface area contributed by atoms with E-state index in [2.05, 4.69) is 6.07 Å². The quantitative estimate of drug-likeness (QED) is 0.580. The van der Waals surface area contributed by atoms with Gasteiger partial charge in [-0.2, -0.15) is 0 Å². The van der Waals surface area contributed by atoms with Crippen LogP contribution in [0.1, 0.15) is 5.56 Å².